The lowest BCUT2D eigenvalue weighted by molar-refractivity contribution is 0.0923. The summed E-state index contributed by atoms with van der Waals surface area (Å²) >= 11 is 6.41. The largest absolute Gasteiger partial charge is 0.381 e. The van der Waals surface area contributed by atoms with Crippen LogP contribution in [0.1, 0.15) is 54.6 Å². The van der Waals surface area contributed by atoms with E-state index in [1.54, 1.807) is 0 Å². The van der Waals surface area contributed by atoms with Crippen molar-refractivity contribution < 1.29 is 4.79 Å². The predicted molar refractivity (Wildman–Crippen MR) is 136 cm³/mol. The summed E-state index contributed by atoms with van der Waals surface area (Å²) in [5.74, 6) is -0.0609. The van der Waals surface area contributed by atoms with Crippen LogP contribution < -0.4 is 10.6 Å². The summed E-state index contributed by atoms with van der Waals surface area (Å²) in [6.45, 7) is 3.10. The fourth-order valence-corrected chi connectivity index (χ4v) is 5.56. The molecule has 2 aliphatic rings. The number of likely N-dealkylation sites (tertiary alicyclic amines) is 1. The molecular weight excluding hydrogens is 432 g/mol. The molecule has 1 aliphatic carbocycles. The molecule has 1 saturated heterocycles. The van der Waals surface area contributed by atoms with Crippen molar-refractivity contribution >= 4 is 34.1 Å². The molecule has 5 rings (SSSR count). The van der Waals surface area contributed by atoms with Crippen LogP contribution >= 0.6 is 11.6 Å². The van der Waals surface area contributed by atoms with Crippen LogP contribution in [-0.4, -0.2) is 47.5 Å². The molecule has 3 aromatic rings. The standard InChI is InChI=1S/C27H33ClN4O/c28-21-15-20-16-25(31-26(20)24(17-21)29-22-10-4-5-11-22)27(33)30-23(18-32-12-6-7-13-32)14-19-8-2-1-3-9-19/h1-3,8-9,15-17,22-23,29,31H,4-7,10-14,18H2,(H,30,33). The van der Waals surface area contributed by atoms with Crippen molar-refractivity contribution in [2.75, 3.05) is 25.0 Å². The number of aromatic amines is 1. The first-order chi connectivity index (χ1) is 16.1. The van der Waals surface area contributed by atoms with Crippen molar-refractivity contribution in [2.24, 2.45) is 0 Å². The van der Waals surface area contributed by atoms with E-state index in [1.165, 1.54) is 44.1 Å². The van der Waals surface area contributed by atoms with Gasteiger partial charge in [0.2, 0.25) is 0 Å². The van der Waals surface area contributed by atoms with Gasteiger partial charge in [0.25, 0.3) is 5.91 Å². The SMILES string of the molecule is O=C(NC(Cc1ccccc1)CN1CCCC1)c1cc2cc(Cl)cc(NC3CCCC3)c2[nH]1. The van der Waals surface area contributed by atoms with E-state index in [1.807, 2.05) is 24.3 Å². The van der Waals surface area contributed by atoms with Gasteiger partial charge in [-0.1, -0.05) is 54.8 Å². The summed E-state index contributed by atoms with van der Waals surface area (Å²) in [6, 6.07) is 16.8. The number of hydrogen-bond acceptors (Lipinski definition) is 3. The lowest BCUT2D eigenvalue weighted by atomic mass is 10.1. The third kappa shape index (κ3) is 5.53. The van der Waals surface area contributed by atoms with Crippen molar-refractivity contribution in [3.63, 3.8) is 0 Å². The molecule has 3 N–H and O–H groups in total. The number of carbonyl (C=O) groups excluding carboxylic acids is 1. The molecule has 0 spiro atoms. The zero-order valence-corrected chi connectivity index (χ0v) is 19.8. The number of amides is 1. The number of fused-ring (bicyclic) bond motifs is 1. The van der Waals surface area contributed by atoms with Gasteiger partial charge in [0.15, 0.2) is 0 Å². The fraction of sp³-hybridized carbons (Fsp3) is 0.444. The van der Waals surface area contributed by atoms with Gasteiger partial charge in [-0.25, -0.2) is 0 Å². The summed E-state index contributed by atoms with van der Waals surface area (Å²) in [7, 11) is 0. The molecule has 1 atom stereocenters. The third-order valence-electron chi connectivity index (χ3n) is 6.99. The average Bonchev–Trinajstić information content (AvgIpc) is 3.56. The minimum atomic E-state index is -0.0609. The Bertz CT molecular complexity index is 1080. The number of halogens is 1. The Morgan fingerprint density at radius 3 is 2.58 bits per heavy atom. The van der Waals surface area contributed by atoms with Gasteiger partial charge in [0.05, 0.1) is 11.2 Å². The molecule has 2 aromatic carbocycles. The molecule has 174 valence electrons. The van der Waals surface area contributed by atoms with Crippen LogP contribution in [0.5, 0.6) is 0 Å². The Balaban J connectivity index is 1.35. The Morgan fingerprint density at radius 2 is 1.82 bits per heavy atom. The summed E-state index contributed by atoms with van der Waals surface area (Å²) in [6.07, 6.45) is 8.19. The molecule has 1 aliphatic heterocycles. The second-order valence-corrected chi connectivity index (χ2v) is 10.0. The van der Waals surface area contributed by atoms with Gasteiger partial charge >= 0.3 is 0 Å². The highest BCUT2D eigenvalue weighted by Gasteiger charge is 2.22. The molecule has 1 amide bonds. The highest BCUT2D eigenvalue weighted by atomic mass is 35.5. The molecule has 0 bridgehead atoms. The second kappa shape index (κ2) is 10.2. The van der Waals surface area contributed by atoms with Crippen molar-refractivity contribution in [1.82, 2.24) is 15.2 Å². The van der Waals surface area contributed by atoms with E-state index in [0.29, 0.717) is 16.8 Å². The number of anilines is 1. The molecule has 2 fully saturated rings. The molecule has 33 heavy (non-hydrogen) atoms. The highest BCUT2D eigenvalue weighted by molar-refractivity contribution is 6.32. The number of nitrogens with one attached hydrogen (secondary N) is 3. The molecule has 1 unspecified atom stereocenters. The van der Waals surface area contributed by atoms with E-state index in [4.69, 9.17) is 11.6 Å². The van der Waals surface area contributed by atoms with Crippen LogP contribution in [0, 0.1) is 0 Å². The maximum Gasteiger partial charge on any atom is 0.268 e. The first kappa shape index (κ1) is 22.3. The number of aromatic nitrogens is 1. The normalized spacial score (nSPS) is 18.1. The van der Waals surface area contributed by atoms with Crippen molar-refractivity contribution in [3.05, 3.63) is 64.8 Å². The average molecular weight is 465 g/mol. The summed E-state index contributed by atoms with van der Waals surface area (Å²) in [5.41, 5.74) is 3.77. The van der Waals surface area contributed by atoms with E-state index in [2.05, 4.69) is 44.8 Å². The number of rotatable bonds is 8. The van der Waals surface area contributed by atoms with Crippen LogP contribution in [0.4, 0.5) is 5.69 Å². The highest BCUT2D eigenvalue weighted by Crippen LogP contribution is 2.31. The number of H-pyrrole nitrogens is 1. The van der Waals surface area contributed by atoms with Crippen LogP contribution in [0.3, 0.4) is 0 Å². The van der Waals surface area contributed by atoms with E-state index in [9.17, 15) is 4.79 Å². The van der Waals surface area contributed by atoms with Crippen LogP contribution in [0.25, 0.3) is 10.9 Å². The Morgan fingerprint density at radius 1 is 1.06 bits per heavy atom. The van der Waals surface area contributed by atoms with Gasteiger partial charge in [-0.05, 0) is 69.0 Å². The van der Waals surface area contributed by atoms with E-state index >= 15 is 0 Å². The van der Waals surface area contributed by atoms with E-state index in [-0.39, 0.29) is 11.9 Å². The van der Waals surface area contributed by atoms with E-state index < -0.39 is 0 Å². The van der Waals surface area contributed by atoms with E-state index in [0.717, 1.165) is 42.6 Å². The van der Waals surface area contributed by atoms with Crippen molar-refractivity contribution in [3.8, 4) is 0 Å². The lowest BCUT2D eigenvalue weighted by Gasteiger charge is -2.24. The van der Waals surface area contributed by atoms with Gasteiger partial charge in [0.1, 0.15) is 5.69 Å². The quantitative estimate of drug-likeness (QED) is 0.406. The summed E-state index contributed by atoms with van der Waals surface area (Å²) < 4.78 is 0. The van der Waals surface area contributed by atoms with Crippen LogP contribution in [0.15, 0.2) is 48.5 Å². The molecule has 1 aromatic heterocycles. The number of carbonyl (C=O) groups is 1. The van der Waals surface area contributed by atoms with Gasteiger partial charge < -0.3 is 20.5 Å². The third-order valence-corrected chi connectivity index (χ3v) is 7.21. The fourth-order valence-electron chi connectivity index (χ4n) is 5.33. The first-order valence-corrected chi connectivity index (χ1v) is 12.7. The molecule has 1 saturated carbocycles. The predicted octanol–water partition coefficient (Wildman–Crippen LogP) is 5.61. The number of hydrogen-bond donors (Lipinski definition) is 3. The summed E-state index contributed by atoms with van der Waals surface area (Å²) in [4.78, 5) is 19.2. The molecular formula is C27H33ClN4O. The van der Waals surface area contributed by atoms with Gasteiger partial charge in [-0.2, -0.15) is 0 Å². The molecule has 0 radical (unpaired) electrons. The van der Waals surface area contributed by atoms with Crippen LogP contribution in [0.2, 0.25) is 5.02 Å². The monoisotopic (exact) mass is 464 g/mol. The van der Waals surface area contributed by atoms with Gasteiger partial charge in [-0.15, -0.1) is 0 Å². The Labute approximate surface area is 200 Å². The zero-order chi connectivity index (χ0) is 22.6. The smallest absolute Gasteiger partial charge is 0.268 e. The first-order valence-electron chi connectivity index (χ1n) is 12.3. The lowest BCUT2D eigenvalue weighted by Crippen LogP contribution is -2.44. The minimum Gasteiger partial charge on any atom is -0.381 e. The van der Waals surface area contributed by atoms with Gasteiger partial charge in [0, 0.05) is 29.0 Å². The Hall–Kier alpha value is -2.50. The zero-order valence-electron chi connectivity index (χ0n) is 19.1. The molecule has 2 heterocycles. The maximum absolute atomic E-state index is 13.3. The number of benzene rings is 2. The second-order valence-electron chi connectivity index (χ2n) is 9.59. The van der Waals surface area contributed by atoms with Gasteiger partial charge in [-0.3, -0.25) is 4.79 Å². The summed E-state index contributed by atoms with van der Waals surface area (Å²) in [5, 5.41) is 8.61. The molecule has 6 heteroatoms. The van der Waals surface area contributed by atoms with Crippen LogP contribution in [-0.2, 0) is 6.42 Å². The van der Waals surface area contributed by atoms with Crippen molar-refractivity contribution in [2.45, 2.75) is 57.0 Å². The van der Waals surface area contributed by atoms with Crippen molar-refractivity contribution in [1.29, 1.82) is 0 Å². The maximum atomic E-state index is 13.3. The molecule has 5 nitrogen and oxygen atoms in total. The topological polar surface area (TPSA) is 60.2 Å². The minimum absolute atomic E-state index is 0.0593. The number of nitrogens with zero attached hydrogens (tertiary/aromatic N) is 1. The Kier molecular flexibility index (Phi) is 6.88.